The van der Waals surface area contributed by atoms with Crippen molar-refractivity contribution in [2.75, 3.05) is 13.2 Å². The molecule has 4 nitrogen and oxygen atoms in total. The first kappa shape index (κ1) is 38.1. The highest BCUT2D eigenvalue weighted by Gasteiger charge is 2.42. The van der Waals surface area contributed by atoms with Gasteiger partial charge < -0.3 is 20.3 Å². The zero-order chi connectivity index (χ0) is 33.9. The van der Waals surface area contributed by atoms with Crippen LogP contribution < -0.4 is 15.2 Å². The fraction of sp³-hybridized carbons (Fsp3) is 0.700. The molecule has 0 spiro atoms. The van der Waals surface area contributed by atoms with E-state index in [0.29, 0.717) is 19.6 Å². The van der Waals surface area contributed by atoms with Gasteiger partial charge in [-0.05, 0) is 76.3 Å². The van der Waals surface area contributed by atoms with E-state index in [1.54, 1.807) is 0 Å². The van der Waals surface area contributed by atoms with Crippen molar-refractivity contribution in [1.29, 1.82) is 0 Å². The molecule has 2 aromatic carbocycles. The average molecular weight is 610 g/mol. The maximum atomic E-state index is 13.2. The third-order valence-corrected chi connectivity index (χ3v) is 8.76. The Kier molecular flexibility index (Phi) is 12.3. The predicted molar refractivity (Wildman–Crippen MR) is 190 cm³/mol. The largest absolute Gasteiger partial charge is 0.493 e. The lowest BCUT2D eigenvalue weighted by atomic mass is 9.70. The first-order valence-corrected chi connectivity index (χ1v) is 17.2. The Morgan fingerprint density at radius 2 is 0.841 bits per heavy atom. The summed E-state index contributed by atoms with van der Waals surface area (Å²) in [5, 5.41) is 13.2. The van der Waals surface area contributed by atoms with Crippen LogP contribution in [0, 0.1) is 0 Å². The van der Waals surface area contributed by atoms with E-state index in [2.05, 4.69) is 128 Å². The average Bonchev–Trinajstić information content (AvgIpc) is 2.89. The Morgan fingerprint density at radius 1 is 0.568 bits per heavy atom. The van der Waals surface area contributed by atoms with Crippen LogP contribution >= 0.6 is 0 Å². The molecule has 0 heterocycles. The topological polar surface area (TPSA) is 64.7 Å². The van der Waals surface area contributed by atoms with Gasteiger partial charge in [-0.2, -0.15) is 0 Å². The van der Waals surface area contributed by atoms with Crippen LogP contribution in [0.25, 0.3) is 0 Å². The molecule has 0 radical (unpaired) electrons. The minimum atomic E-state index is -1.43. The molecule has 1 atom stereocenters. The molecule has 2 aromatic rings. The van der Waals surface area contributed by atoms with Crippen molar-refractivity contribution in [3.05, 3.63) is 57.6 Å². The third kappa shape index (κ3) is 8.60. The number of nitrogens with two attached hydrogens (primary N) is 1. The van der Waals surface area contributed by atoms with Crippen LogP contribution in [0.3, 0.4) is 0 Å². The van der Waals surface area contributed by atoms with E-state index in [-0.39, 0.29) is 21.7 Å². The lowest BCUT2D eigenvalue weighted by molar-refractivity contribution is 0.0495. The summed E-state index contributed by atoms with van der Waals surface area (Å²) in [7, 11) is 0. The second-order valence-electron chi connectivity index (χ2n) is 17.0. The minimum Gasteiger partial charge on any atom is -0.493 e. The van der Waals surface area contributed by atoms with Crippen LogP contribution in [0.4, 0.5) is 0 Å². The fourth-order valence-electron chi connectivity index (χ4n) is 5.76. The third-order valence-electron chi connectivity index (χ3n) is 8.76. The number of aliphatic hydroxyl groups is 1. The highest BCUT2D eigenvalue weighted by Crippen LogP contribution is 2.48. The Morgan fingerprint density at radius 3 is 1.05 bits per heavy atom. The molecule has 0 amide bonds. The molecule has 2 rings (SSSR count). The summed E-state index contributed by atoms with van der Waals surface area (Å²) < 4.78 is 13.2. The van der Waals surface area contributed by atoms with Crippen LogP contribution in [0.2, 0.25) is 0 Å². The second-order valence-corrected chi connectivity index (χ2v) is 17.0. The van der Waals surface area contributed by atoms with E-state index >= 15 is 0 Å². The predicted octanol–water partition coefficient (Wildman–Crippen LogP) is 10.2. The number of hydrogen-bond donors (Lipinski definition) is 2. The molecule has 44 heavy (non-hydrogen) atoms. The standard InChI is InChI=1S/C40H67NO3/c1-16-19-21-43-34-29(36(4,5)6)23-27(24-30(34)37(7,8)9)40(42,33(41)18-3)28-25-31(38(10,11)12)35(44-22-20-17-2)32(26-28)39(13,14)15/h23-26,33,42H,16-22,41H2,1-15H3. The highest BCUT2D eigenvalue weighted by atomic mass is 16.5. The summed E-state index contributed by atoms with van der Waals surface area (Å²) in [5.74, 6) is 1.89. The van der Waals surface area contributed by atoms with Gasteiger partial charge in [-0.1, -0.05) is 117 Å². The molecule has 0 bridgehead atoms. The monoisotopic (exact) mass is 610 g/mol. The lowest BCUT2D eigenvalue weighted by Crippen LogP contribution is -2.47. The SMILES string of the molecule is CCCCOc1c(C(C)(C)C)cc(C(O)(c2cc(C(C)(C)C)c(OCCCC)c(C(C)(C)C)c2)C(N)CC)cc1C(C)(C)C. The molecule has 0 saturated carbocycles. The molecule has 0 aliphatic rings. The molecule has 0 saturated heterocycles. The van der Waals surface area contributed by atoms with Crippen LogP contribution in [0.15, 0.2) is 24.3 Å². The van der Waals surface area contributed by atoms with Gasteiger partial charge in [0.1, 0.15) is 17.1 Å². The van der Waals surface area contributed by atoms with Crippen LogP contribution in [0.5, 0.6) is 11.5 Å². The first-order chi connectivity index (χ1) is 20.0. The summed E-state index contributed by atoms with van der Waals surface area (Å²) in [6, 6.07) is 8.16. The number of unbranched alkanes of at least 4 members (excludes halogenated alkanes) is 2. The Labute approximate surface area is 271 Å². The van der Waals surface area contributed by atoms with Crippen molar-refractivity contribution >= 4 is 0 Å². The normalized spacial score (nSPS) is 14.1. The molecule has 0 aliphatic carbocycles. The summed E-state index contributed by atoms with van der Waals surface area (Å²) in [6.07, 6.45) is 4.76. The Balaban J connectivity index is 3.13. The molecular weight excluding hydrogens is 542 g/mol. The maximum Gasteiger partial charge on any atom is 0.130 e. The van der Waals surface area contributed by atoms with E-state index < -0.39 is 11.6 Å². The summed E-state index contributed by atoms with van der Waals surface area (Å²) in [6.45, 7) is 34.5. The van der Waals surface area contributed by atoms with Crippen molar-refractivity contribution in [2.24, 2.45) is 5.73 Å². The molecule has 4 heteroatoms. The van der Waals surface area contributed by atoms with Gasteiger partial charge in [-0.15, -0.1) is 0 Å². The number of hydrogen-bond acceptors (Lipinski definition) is 4. The smallest absolute Gasteiger partial charge is 0.130 e. The van der Waals surface area contributed by atoms with Gasteiger partial charge in [-0.25, -0.2) is 0 Å². The van der Waals surface area contributed by atoms with Crippen molar-refractivity contribution < 1.29 is 14.6 Å². The first-order valence-electron chi connectivity index (χ1n) is 17.2. The summed E-state index contributed by atoms with van der Waals surface area (Å²) in [4.78, 5) is 0. The number of benzene rings is 2. The fourth-order valence-corrected chi connectivity index (χ4v) is 5.76. The summed E-state index contributed by atoms with van der Waals surface area (Å²) in [5.41, 5.74) is 10.8. The zero-order valence-corrected chi connectivity index (χ0v) is 31.2. The van der Waals surface area contributed by atoms with Crippen LogP contribution in [-0.4, -0.2) is 24.4 Å². The molecule has 0 fully saturated rings. The van der Waals surface area contributed by atoms with E-state index in [9.17, 15) is 5.11 Å². The van der Waals surface area contributed by atoms with Crippen molar-refractivity contribution in [3.8, 4) is 11.5 Å². The van der Waals surface area contributed by atoms with E-state index in [0.717, 1.165) is 70.6 Å². The highest BCUT2D eigenvalue weighted by molar-refractivity contribution is 5.57. The van der Waals surface area contributed by atoms with Gasteiger partial charge in [0.05, 0.1) is 13.2 Å². The minimum absolute atomic E-state index is 0.209. The molecule has 0 aromatic heterocycles. The Bertz CT molecular complexity index is 1070. The van der Waals surface area contributed by atoms with Crippen molar-refractivity contribution in [2.45, 2.75) is 169 Å². The summed E-state index contributed by atoms with van der Waals surface area (Å²) >= 11 is 0. The van der Waals surface area contributed by atoms with Gasteiger partial charge in [0, 0.05) is 28.3 Å². The van der Waals surface area contributed by atoms with Crippen LogP contribution in [0.1, 0.15) is 169 Å². The quantitative estimate of drug-likeness (QED) is 0.235. The zero-order valence-electron chi connectivity index (χ0n) is 31.2. The Hall–Kier alpha value is -2.04. The maximum absolute atomic E-state index is 13.2. The molecule has 0 aliphatic heterocycles. The van der Waals surface area contributed by atoms with Gasteiger partial charge >= 0.3 is 0 Å². The molecule has 250 valence electrons. The van der Waals surface area contributed by atoms with E-state index in [1.807, 2.05) is 0 Å². The molecule has 3 N–H and O–H groups in total. The van der Waals surface area contributed by atoms with E-state index in [1.165, 1.54) is 0 Å². The lowest BCUT2D eigenvalue weighted by Gasteiger charge is -2.40. The second kappa shape index (κ2) is 14.2. The van der Waals surface area contributed by atoms with Gasteiger partial charge in [0.2, 0.25) is 0 Å². The van der Waals surface area contributed by atoms with Crippen LogP contribution in [-0.2, 0) is 27.3 Å². The molecular formula is C40H67NO3. The molecule has 1 unspecified atom stereocenters. The van der Waals surface area contributed by atoms with Gasteiger partial charge in [0.25, 0.3) is 0 Å². The van der Waals surface area contributed by atoms with Gasteiger partial charge in [-0.3, -0.25) is 0 Å². The number of rotatable bonds is 12. The van der Waals surface area contributed by atoms with E-state index in [4.69, 9.17) is 15.2 Å². The van der Waals surface area contributed by atoms with Gasteiger partial charge in [0.15, 0.2) is 0 Å². The number of ether oxygens (including phenoxy) is 2. The van der Waals surface area contributed by atoms with Crippen molar-refractivity contribution in [3.63, 3.8) is 0 Å². The van der Waals surface area contributed by atoms with Crippen molar-refractivity contribution in [1.82, 2.24) is 0 Å².